The van der Waals surface area contributed by atoms with Crippen molar-refractivity contribution in [2.24, 2.45) is 17.3 Å². The third-order valence-electron chi connectivity index (χ3n) is 3.34. The van der Waals surface area contributed by atoms with Crippen LogP contribution < -0.4 is 5.32 Å². The van der Waals surface area contributed by atoms with E-state index in [-0.39, 0.29) is 29.7 Å². The summed E-state index contributed by atoms with van der Waals surface area (Å²) in [5, 5.41) is 2.61. The predicted molar refractivity (Wildman–Crippen MR) is 65.2 cm³/mol. The number of rotatable bonds is 4. The lowest BCUT2D eigenvalue weighted by Crippen LogP contribution is -2.32. The molecule has 0 aromatic rings. The third-order valence-corrected chi connectivity index (χ3v) is 3.34. The number of amides is 1. The molecule has 0 bridgehead atoms. The van der Waals surface area contributed by atoms with Gasteiger partial charge in [-0.15, -0.1) is 0 Å². The van der Waals surface area contributed by atoms with Crippen molar-refractivity contribution in [1.82, 2.24) is 5.32 Å². The van der Waals surface area contributed by atoms with Gasteiger partial charge in [-0.05, 0) is 25.2 Å². The van der Waals surface area contributed by atoms with E-state index in [0.717, 1.165) is 0 Å². The van der Waals surface area contributed by atoms with Crippen molar-refractivity contribution in [2.45, 2.75) is 27.7 Å². The van der Waals surface area contributed by atoms with Crippen LogP contribution in [0.2, 0.25) is 0 Å². The fourth-order valence-electron chi connectivity index (χ4n) is 2.19. The minimum Gasteiger partial charge on any atom is -0.468 e. The van der Waals surface area contributed by atoms with Crippen molar-refractivity contribution >= 4 is 11.9 Å². The zero-order valence-corrected chi connectivity index (χ0v) is 11.2. The first-order valence-corrected chi connectivity index (χ1v) is 5.80. The van der Waals surface area contributed by atoms with Crippen LogP contribution in [-0.4, -0.2) is 25.5 Å². The summed E-state index contributed by atoms with van der Waals surface area (Å²) < 4.78 is 4.48. The van der Waals surface area contributed by atoms with Gasteiger partial charge in [-0.2, -0.15) is 0 Å². The minimum atomic E-state index is -0.421. The van der Waals surface area contributed by atoms with E-state index >= 15 is 0 Å². The van der Waals surface area contributed by atoms with Gasteiger partial charge < -0.3 is 10.1 Å². The highest BCUT2D eigenvalue weighted by atomic mass is 16.5. The molecule has 1 fully saturated rings. The molecule has 2 atom stereocenters. The highest BCUT2D eigenvalue weighted by molar-refractivity contribution is 5.86. The molecule has 1 rings (SSSR count). The monoisotopic (exact) mass is 239 g/mol. The fraction of sp³-hybridized carbons (Fsp3) is 0.692. The largest absolute Gasteiger partial charge is 0.468 e. The van der Waals surface area contributed by atoms with E-state index in [4.69, 9.17) is 0 Å². The number of carbonyl (C=O) groups excluding carboxylic acids is 2. The number of methoxy groups -OCH3 is 1. The minimum absolute atomic E-state index is 0.0164. The molecule has 4 nitrogen and oxygen atoms in total. The summed E-state index contributed by atoms with van der Waals surface area (Å²) in [7, 11) is 1.31. The molecular weight excluding hydrogens is 218 g/mol. The average molecular weight is 239 g/mol. The van der Waals surface area contributed by atoms with Gasteiger partial charge in [0.05, 0.1) is 13.0 Å². The van der Waals surface area contributed by atoms with Crippen LogP contribution in [0.25, 0.3) is 0 Å². The molecule has 1 N–H and O–H groups in total. The van der Waals surface area contributed by atoms with Crippen molar-refractivity contribution in [2.75, 3.05) is 13.7 Å². The van der Waals surface area contributed by atoms with Crippen LogP contribution in [0.1, 0.15) is 27.7 Å². The van der Waals surface area contributed by atoms with Gasteiger partial charge in [0.15, 0.2) is 0 Å². The van der Waals surface area contributed by atoms with Gasteiger partial charge in [-0.1, -0.05) is 25.5 Å². The maximum atomic E-state index is 11.9. The molecule has 1 aliphatic carbocycles. The van der Waals surface area contributed by atoms with Crippen LogP contribution in [0.4, 0.5) is 0 Å². The smallest absolute Gasteiger partial charge is 0.325 e. The Morgan fingerprint density at radius 3 is 2.41 bits per heavy atom. The van der Waals surface area contributed by atoms with Gasteiger partial charge in [0.1, 0.15) is 6.54 Å². The van der Waals surface area contributed by atoms with E-state index in [9.17, 15) is 9.59 Å². The number of nitrogens with one attached hydrogen (secondary N) is 1. The van der Waals surface area contributed by atoms with E-state index in [1.807, 2.05) is 13.8 Å². The summed E-state index contributed by atoms with van der Waals surface area (Å²) in [5.41, 5.74) is 1.20. The lowest BCUT2D eigenvalue weighted by atomic mass is 10.1. The second-order valence-electron chi connectivity index (χ2n) is 5.36. The summed E-state index contributed by atoms with van der Waals surface area (Å²) in [6, 6.07) is 0. The summed E-state index contributed by atoms with van der Waals surface area (Å²) in [5.74, 6) is -0.259. The van der Waals surface area contributed by atoms with Crippen molar-refractivity contribution in [3.8, 4) is 0 Å². The molecule has 0 saturated heterocycles. The number of carbonyl (C=O) groups is 2. The molecule has 0 radical (unpaired) electrons. The molecule has 1 amide bonds. The van der Waals surface area contributed by atoms with E-state index in [2.05, 4.69) is 30.0 Å². The van der Waals surface area contributed by atoms with E-state index in [1.54, 1.807) is 0 Å². The second kappa shape index (κ2) is 4.90. The Morgan fingerprint density at radius 2 is 1.94 bits per heavy atom. The van der Waals surface area contributed by atoms with Crippen LogP contribution in [0, 0.1) is 17.3 Å². The Hall–Kier alpha value is -1.32. The number of esters is 1. The molecule has 0 aromatic carbocycles. The van der Waals surface area contributed by atoms with E-state index < -0.39 is 5.97 Å². The average Bonchev–Trinajstić information content (AvgIpc) is 2.75. The van der Waals surface area contributed by atoms with Crippen LogP contribution >= 0.6 is 0 Å². The Labute approximate surface area is 102 Å². The highest BCUT2D eigenvalue weighted by Gasteiger charge is 2.60. The van der Waals surface area contributed by atoms with Crippen LogP contribution in [0.3, 0.4) is 0 Å². The van der Waals surface area contributed by atoms with Gasteiger partial charge in [-0.25, -0.2) is 0 Å². The molecule has 96 valence electrons. The molecular formula is C13H21NO3. The molecule has 0 spiro atoms. The highest BCUT2D eigenvalue weighted by Crippen LogP contribution is 2.59. The van der Waals surface area contributed by atoms with Gasteiger partial charge in [0.25, 0.3) is 0 Å². The van der Waals surface area contributed by atoms with E-state index in [1.165, 1.54) is 12.7 Å². The van der Waals surface area contributed by atoms with Gasteiger partial charge >= 0.3 is 5.97 Å². The van der Waals surface area contributed by atoms with Crippen molar-refractivity contribution in [3.63, 3.8) is 0 Å². The molecule has 1 aliphatic rings. The zero-order valence-electron chi connectivity index (χ0n) is 11.2. The van der Waals surface area contributed by atoms with Crippen LogP contribution in [-0.2, 0) is 14.3 Å². The Bertz CT molecular complexity index is 354. The summed E-state index contributed by atoms with van der Waals surface area (Å²) in [6.45, 7) is 8.14. The number of hydrogen-bond donors (Lipinski definition) is 1. The second-order valence-corrected chi connectivity index (χ2v) is 5.36. The first-order chi connectivity index (χ1) is 7.80. The van der Waals surface area contributed by atoms with Crippen LogP contribution in [0.5, 0.6) is 0 Å². The van der Waals surface area contributed by atoms with E-state index in [0.29, 0.717) is 0 Å². The summed E-state index contributed by atoms with van der Waals surface area (Å²) in [4.78, 5) is 22.8. The van der Waals surface area contributed by atoms with Crippen molar-refractivity contribution < 1.29 is 14.3 Å². The molecule has 0 unspecified atom stereocenters. The van der Waals surface area contributed by atoms with Gasteiger partial charge in [0.2, 0.25) is 5.91 Å². The first-order valence-electron chi connectivity index (χ1n) is 5.80. The SMILES string of the molecule is COC(=O)CNC(=O)[C@H]1[C@H](C=C(C)C)C1(C)C. The Balaban J connectivity index is 2.54. The summed E-state index contributed by atoms with van der Waals surface area (Å²) >= 11 is 0. The Kier molecular flexibility index (Phi) is 3.96. The molecule has 0 aliphatic heterocycles. The third kappa shape index (κ3) is 3.08. The Morgan fingerprint density at radius 1 is 1.35 bits per heavy atom. The lowest BCUT2D eigenvalue weighted by Gasteiger charge is -2.04. The number of ether oxygens (including phenoxy) is 1. The normalized spacial score (nSPS) is 24.8. The van der Waals surface area contributed by atoms with Gasteiger partial charge in [-0.3, -0.25) is 9.59 Å². The molecule has 0 aromatic heterocycles. The van der Waals surface area contributed by atoms with Crippen molar-refractivity contribution in [3.05, 3.63) is 11.6 Å². The number of allylic oxidation sites excluding steroid dienone is 2. The van der Waals surface area contributed by atoms with Crippen LogP contribution in [0.15, 0.2) is 11.6 Å². The predicted octanol–water partition coefficient (Wildman–Crippen LogP) is 1.51. The maximum Gasteiger partial charge on any atom is 0.325 e. The molecule has 17 heavy (non-hydrogen) atoms. The lowest BCUT2D eigenvalue weighted by molar-refractivity contribution is -0.141. The molecule has 0 heterocycles. The van der Waals surface area contributed by atoms with Gasteiger partial charge in [0, 0.05) is 0 Å². The zero-order chi connectivity index (χ0) is 13.2. The summed E-state index contributed by atoms with van der Waals surface area (Å²) in [6.07, 6.45) is 2.13. The first kappa shape index (κ1) is 13.7. The molecule has 1 saturated carbocycles. The maximum absolute atomic E-state index is 11.9. The quantitative estimate of drug-likeness (QED) is 0.597. The topological polar surface area (TPSA) is 55.4 Å². The standard InChI is InChI=1S/C13H21NO3/c1-8(2)6-9-11(13(9,3)4)12(16)14-7-10(15)17-5/h6,9,11H,7H2,1-5H3,(H,14,16)/t9-,11+/m0/s1. The molecule has 4 heteroatoms. The number of hydrogen-bond acceptors (Lipinski definition) is 3. The fourth-order valence-corrected chi connectivity index (χ4v) is 2.19. The van der Waals surface area contributed by atoms with Crippen molar-refractivity contribution in [1.29, 1.82) is 0 Å².